The van der Waals surface area contributed by atoms with Gasteiger partial charge < -0.3 is 10.6 Å². The SMILES string of the molecule is Nc1ccc(CC2CCCN(c3ccccn3)C2)nn1. The van der Waals surface area contributed by atoms with Crippen LogP contribution in [0.2, 0.25) is 0 Å². The molecule has 1 aliphatic heterocycles. The Bertz CT molecular complexity index is 540. The molecule has 0 spiro atoms. The monoisotopic (exact) mass is 269 g/mol. The molecule has 2 aromatic rings. The molecule has 20 heavy (non-hydrogen) atoms. The molecule has 0 bridgehead atoms. The van der Waals surface area contributed by atoms with Crippen LogP contribution in [-0.4, -0.2) is 28.3 Å². The topological polar surface area (TPSA) is 67.9 Å². The van der Waals surface area contributed by atoms with Crippen molar-refractivity contribution in [2.75, 3.05) is 23.7 Å². The predicted octanol–water partition coefficient (Wildman–Crippen LogP) is 1.91. The summed E-state index contributed by atoms with van der Waals surface area (Å²) >= 11 is 0. The standard InChI is InChI=1S/C15H19N5/c16-14-7-6-13(18-19-14)10-12-4-3-9-20(11-12)15-5-1-2-8-17-15/h1-2,5-8,12H,3-4,9-11H2,(H2,16,19). The fraction of sp³-hybridized carbons (Fsp3) is 0.400. The van der Waals surface area contributed by atoms with E-state index in [1.165, 1.54) is 12.8 Å². The second-order valence-electron chi connectivity index (χ2n) is 5.30. The van der Waals surface area contributed by atoms with Gasteiger partial charge in [0.1, 0.15) is 11.6 Å². The smallest absolute Gasteiger partial charge is 0.146 e. The molecule has 104 valence electrons. The summed E-state index contributed by atoms with van der Waals surface area (Å²) in [6.45, 7) is 2.12. The lowest BCUT2D eigenvalue weighted by Crippen LogP contribution is -2.36. The zero-order valence-electron chi connectivity index (χ0n) is 11.4. The van der Waals surface area contributed by atoms with E-state index in [0.717, 1.165) is 31.0 Å². The molecular formula is C15H19N5. The van der Waals surface area contributed by atoms with E-state index in [9.17, 15) is 0 Å². The van der Waals surface area contributed by atoms with Crippen LogP contribution in [0.5, 0.6) is 0 Å². The number of nitrogens with zero attached hydrogens (tertiary/aromatic N) is 4. The fourth-order valence-electron chi connectivity index (χ4n) is 2.76. The first-order valence-electron chi connectivity index (χ1n) is 7.05. The molecule has 5 heteroatoms. The Kier molecular flexibility index (Phi) is 3.76. The number of hydrogen-bond acceptors (Lipinski definition) is 5. The second kappa shape index (κ2) is 5.86. The minimum absolute atomic E-state index is 0.479. The number of rotatable bonds is 3. The van der Waals surface area contributed by atoms with Gasteiger partial charge in [-0.1, -0.05) is 6.07 Å². The van der Waals surface area contributed by atoms with Crippen molar-refractivity contribution in [3.8, 4) is 0 Å². The largest absolute Gasteiger partial charge is 0.382 e. The molecule has 3 heterocycles. The maximum absolute atomic E-state index is 5.57. The Balaban J connectivity index is 1.65. The van der Waals surface area contributed by atoms with Crippen molar-refractivity contribution >= 4 is 11.6 Å². The summed E-state index contributed by atoms with van der Waals surface area (Å²) in [4.78, 5) is 6.80. The molecule has 2 aromatic heterocycles. The van der Waals surface area contributed by atoms with E-state index in [4.69, 9.17) is 5.73 Å². The van der Waals surface area contributed by atoms with Crippen molar-refractivity contribution < 1.29 is 0 Å². The van der Waals surface area contributed by atoms with E-state index in [-0.39, 0.29) is 0 Å². The number of hydrogen-bond donors (Lipinski definition) is 1. The third-order valence-corrected chi connectivity index (χ3v) is 3.73. The minimum Gasteiger partial charge on any atom is -0.382 e. The molecule has 0 aliphatic carbocycles. The highest BCUT2D eigenvalue weighted by Gasteiger charge is 2.21. The first-order chi connectivity index (χ1) is 9.81. The van der Waals surface area contributed by atoms with Gasteiger partial charge in [-0.2, -0.15) is 5.10 Å². The third-order valence-electron chi connectivity index (χ3n) is 3.73. The fourth-order valence-corrected chi connectivity index (χ4v) is 2.76. The Morgan fingerprint density at radius 1 is 1.20 bits per heavy atom. The van der Waals surface area contributed by atoms with Crippen molar-refractivity contribution in [3.05, 3.63) is 42.2 Å². The third kappa shape index (κ3) is 3.04. The van der Waals surface area contributed by atoms with Gasteiger partial charge in [0.05, 0.1) is 5.69 Å². The maximum atomic E-state index is 5.57. The molecule has 1 unspecified atom stereocenters. The van der Waals surface area contributed by atoms with Crippen LogP contribution in [0.25, 0.3) is 0 Å². The molecule has 0 saturated carbocycles. The Labute approximate surface area is 118 Å². The quantitative estimate of drug-likeness (QED) is 0.922. The molecular weight excluding hydrogens is 250 g/mol. The molecule has 0 radical (unpaired) electrons. The molecule has 1 saturated heterocycles. The van der Waals surface area contributed by atoms with Crippen LogP contribution in [0, 0.1) is 5.92 Å². The Morgan fingerprint density at radius 3 is 2.90 bits per heavy atom. The summed E-state index contributed by atoms with van der Waals surface area (Å²) in [6, 6.07) is 9.86. The lowest BCUT2D eigenvalue weighted by atomic mass is 9.93. The van der Waals surface area contributed by atoms with E-state index in [2.05, 4.69) is 26.1 Å². The molecule has 3 rings (SSSR count). The zero-order chi connectivity index (χ0) is 13.8. The van der Waals surface area contributed by atoms with Crippen molar-refractivity contribution in [2.45, 2.75) is 19.3 Å². The summed E-state index contributed by atoms with van der Waals surface area (Å²) in [5, 5.41) is 8.08. The van der Waals surface area contributed by atoms with E-state index >= 15 is 0 Å². The van der Waals surface area contributed by atoms with Gasteiger partial charge in [-0.15, -0.1) is 5.10 Å². The highest BCUT2D eigenvalue weighted by molar-refractivity contribution is 5.38. The molecule has 2 N–H and O–H groups in total. The van der Waals surface area contributed by atoms with Gasteiger partial charge in [0.15, 0.2) is 0 Å². The van der Waals surface area contributed by atoms with Gasteiger partial charge in [0.25, 0.3) is 0 Å². The lowest BCUT2D eigenvalue weighted by molar-refractivity contribution is 0.407. The van der Waals surface area contributed by atoms with Crippen LogP contribution < -0.4 is 10.6 Å². The van der Waals surface area contributed by atoms with E-state index in [0.29, 0.717) is 11.7 Å². The molecule has 5 nitrogen and oxygen atoms in total. The number of pyridine rings is 1. The van der Waals surface area contributed by atoms with Gasteiger partial charge in [-0.3, -0.25) is 0 Å². The van der Waals surface area contributed by atoms with E-state index < -0.39 is 0 Å². The van der Waals surface area contributed by atoms with Crippen molar-refractivity contribution in [3.63, 3.8) is 0 Å². The summed E-state index contributed by atoms with van der Waals surface area (Å²) in [6.07, 6.45) is 5.24. The molecule has 1 atom stereocenters. The van der Waals surface area contributed by atoms with Crippen molar-refractivity contribution in [1.29, 1.82) is 0 Å². The number of anilines is 2. The average molecular weight is 269 g/mol. The maximum Gasteiger partial charge on any atom is 0.146 e. The van der Waals surface area contributed by atoms with Crippen LogP contribution in [0.15, 0.2) is 36.5 Å². The van der Waals surface area contributed by atoms with Crippen LogP contribution in [0.3, 0.4) is 0 Å². The van der Waals surface area contributed by atoms with E-state index in [1.807, 2.05) is 30.5 Å². The summed E-state index contributed by atoms with van der Waals surface area (Å²) in [7, 11) is 0. The number of nitrogen functional groups attached to an aromatic ring is 1. The summed E-state index contributed by atoms with van der Waals surface area (Å²) in [5.74, 6) is 2.15. The highest BCUT2D eigenvalue weighted by atomic mass is 15.2. The average Bonchev–Trinajstić information content (AvgIpc) is 2.51. The normalized spacial score (nSPS) is 19.0. The summed E-state index contributed by atoms with van der Waals surface area (Å²) < 4.78 is 0. The lowest BCUT2D eigenvalue weighted by Gasteiger charge is -2.33. The first kappa shape index (κ1) is 12.8. The van der Waals surface area contributed by atoms with Gasteiger partial charge >= 0.3 is 0 Å². The minimum atomic E-state index is 0.479. The van der Waals surface area contributed by atoms with Crippen LogP contribution in [0.4, 0.5) is 11.6 Å². The Hall–Kier alpha value is -2.17. The van der Waals surface area contributed by atoms with Crippen molar-refractivity contribution in [1.82, 2.24) is 15.2 Å². The van der Waals surface area contributed by atoms with Crippen LogP contribution in [-0.2, 0) is 6.42 Å². The Morgan fingerprint density at radius 2 is 2.15 bits per heavy atom. The van der Waals surface area contributed by atoms with Crippen LogP contribution in [0.1, 0.15) is 18.5 Å². The molecule has 1 fully saturated rings. The number of nitrogens with two attached hydrogens (primary N) is 1. The number of aromatic nitrogens is 3. The molecule has 0 amide bonds. The van der Waals surface area contributed by atoms with Gasteiger partial charge in [0.2, 0.25) is 0 Å². The predicted molar refractivity (Wildman–Crippen MR) is 79.3 cm³/mol. The van der Waals surface area contributed by atoms with Gasteiger partial charge in [0, 0.05) is 19.3 Å². The molecule has 1 aliphatic rings. The van der Waals surface area contributed by atoms with Crippen molar-refractivity contribution in [2.24, 2.45) is 5.92 Å². The molecule has 0 aromatic carbocycles. The zero-order valence-corrected chi connectivity index (χ0v) is 11.4. The van der Waals surface area contributed by atoms with Crippen LogP contribution >= 0.6 is 0 Å². The highest BCUT2D eigenvalue weighted by Crippen LogP contribution is 2.23. The van der Waals surface area contributed by atoms with E-state index in [1.54, 1.807) is 0 Å². The number of piperidine rings is 1. The van der Waals surface area contributed by atoms with Gasteiger partial charge in [-0.05, 0) is 49.4 Å². The van der Waals surface area contributed by atoms with Gasteiger partial charge in [-0.25, -0.2) is 4.98 Å². The summed E-state index contributed by atoms with van der Waals surface area (Å²) in [5.41, 5.74) is 6.59. The first-order valence-corrected chi connectivity index (χ1v) is 7.05. The second-order valence-corrected chi connectivity index (χ2v) is 5.30.